The molecule has 0 saturated heterocycles. The van der Waals surface area contributed by atoms with E-state index in [0.717, 1.165) is 24.1 Å². The summed E-state index contributed by atoms with van der Waals surface area (Å²) in [4.78, 5) is 0. The predicted molar refractivity (Wildman–Crippen MR) is 71.0 cm³/mol. The third kappa shape index (κ3) is 3.60. The van der Waals surface area contributed by atoms with E-state index in [1.807, 2.05) is 0 Å². The van der Waals surface area contributed by atoms with Crippen LogP contribution >= 0.6 is 11.6 Å². The van der Waals surface area contributed by atoms with Gasteiger partial charge in [-0.2, -0.15) is 0 Å². The Morgan fingerprint density at radius 1 is 1.41 bits per heavy atom. The van der Waals surface area contributed by atoms with E-state index < -0.39 is 0 Å². The topological polar surface area (TPSA) is 12.0 Å². The Labute approximate surface area is 107 Å². The van der Waals surface area contributed by atoms with Crippen LogP contribution in [0.4, 0.5) is 10.1 Å². The average Bonchev–Trinajstić information content (AvgIpc) is 2.28. The van der Waals surface area contributed by atoms with Gasteiger partial charge in [0.25, 0.3) is 0 Å². The van der Waals surface area contributed by atoms with Gasteiger partial charge in [-0.05, 0) is 42.9 Å². The van der Waals surface area contributed by atoms with Crippen molar-refractivity contribution < 1.29 is 4.39 Å². The highest BCUT2D eigenvalue weighted by atomic mass is 35.5. The van der Waals surface area contributed by atoms with Crippen LogP contribution in [-0.2, 0) is 0 Å². The van der Waals surface area contributed by atoms with E-state index in [1.165, 1.54) is 37.8 Å². The summed E-state index contributed by atoms with van der Waals surface area (Å²) < 4.78 is 12.9. The van der Waals surface area contributed by atoms with Crippen molar-refractivity contribution in [2.75, 3.05) is 11.9 Å². The number of halogens is 2. The van der Waals surface area contributed by atoms with Crippen LogP contribution in [0.5, 0.6) is 0 Å². The molecule has 2 rings (SSSR count). The van der Waals surface area contributed by atoms with Crippen molar-refractivity contribution in [1.29, 1.82) is 0 Å². The predicted octanol–water partition coefficient (Wildman–Crippen LogP) is 4.72. The first-order valence-electron chi connectivity index (χ1n) is 6.34. The molecule has 1 N–H and O–H groups in total. The molecule has 1 aliphatic carbocycles. The number of hydrogen-bond donors (Lipinski definition) is 1. The van der Waals surface area contributed by atoms with E-state index in [4.69, 9.17) is 11.6 Å². The third-order valence-corrected chi connectivity index (χ3v) is 3.87. The zero-order chi connectivity index (χ0) is 12.3. The van der Waals surface area contributed by atoms with Crippen LogP contribution in [0.25, 0.3) is 0 Å². The minimum absolute atomic E-state index is 0.285. The van der Waals surface area contributed by atoms with Crippen molar-refractivity contribution in [3.8, 4) is 0 Å². The first-order chi connectivity index (χ1) is 8.15. The fraction of sp³-hybridized carbons (Fsp3) is 0.571. The quantitative estimate of drug-likeness (QED) is 0.824. The maximum Gasteiger partial charge on any atom is 0.124 e. The molecule has 0 bridgehead atoms. The molecule has 1 saturated carbocycles. The highest BCUT2D eigenvalue weighted by molar-refractivity contribution is 6.33. The second kappa shape index (κ2) is 5.72. The first-order valence-corrected chi connectivity index (χ1v) is 6.72. The molecular formula is C14H19ClFN. The smallest absolute Gasteiger partial charge is 0.124 e. The second-order valence-corrected chi connectivity index (χ2v) is 5.55. The van der Waals surface area contributed by atoms with E-state index in [-0.39, 0.29) is 5.82 Å². The average molecular weight is 256 g/mol. The van der Waals surface area contributed by atoms with Crippen LogP contribution in [-0.4, -0.2) is 6.54 Å². The minimum atomic E-state index is -0.285. The summed E-state index contributed by atoms with van der Waals surface area (Å²) in [6, 6.07) is 4.51. The standard InChI is InChI=1S/C14H19ClFN/c1-10-3-2-4-11(7-10)9-17-14-6-5-12(16)8-13(14)15/h5-6,8,10-11,17H,2-4,7,9H2,1H3. The van der Waals surface area contributed by atoms with Gasteiger partial charge in [0.2, 0.25) is 0 Å². The number of nitrogens with one attached hydrogen (secondary N) is 1. The summed E-state index contributed by atoms with van der Waals surface area (Å²) in [7, 11) is 0. The third-order valence-electron chi connectivity index (χ3n) is 3.56. The van der Waals surface area contributed by atoms with Crippen LogP contribution < -0.4 is 5.32 Å². The lowest BCUT2D eigenvalue weighted by Crippen LogP contribution is -2.21. The summed E-state index contributed by atoms with van der Waals surface area (Å²) in [6.07, 6.45) is 5.25. The van der Waals surface area contributed by atoms with Crippen LogP contribution in [0.2, 0.25) is 5.02 Å². The van der Waals surface area contributed by atoms with Crippen molar-refractivity contribution in [3.63, 3.8) is 0 Å². The van der Waals surface area contributed by atoms with E-state index in [1.54, 1.807) is 6.07 Å². The molecule has 1 aromatic carbocycles. The van der Waals surface area contributed by atoms with Crippen LogP contribution in [0.3, 0.4) is 0 Å². The van der Waals surface area contributed by atoms with E-state index in [9.17, 15) is 4.39 Å². The zero-order valence-electron chi connectivity index (χ0n) is 10.2. The van der Waals surface area contributed by atoms with Gasteiger partial charge < -0.3 is 5.32 Å². The molecule has 1 aliphatic rings. The molecule has 1 fully saturated rings. The van der Waals surface area contributed by atoms with E-state index >= 15 is 0 Å². The minimum Gasteiger partial charge on any atom is -0.384 e. The second-order valence-electron chi connectivity index (χ2n) is 5.14. The number of rotatable bonds is 3. The Morgan fingerprint density at radius 2 is 2.24 bits per heavy atom. The highest BCUT2D eigenvalue weighted by Crippen LogP contribution is 2.29. The van der Waals surface area contributed by atoms with Gasteiger partial charge in [-0.1, -0.05) is 31.4 Å². The Morgan fingerprint density at radius 3 is 2.94 bits per heavy atom. The van der Waals surface area contributed by atoms with Crippen molar-refractivity contribution in [2.24, 2.45) is 11.8 Å². The summed E-state index contributed by atoms with van der Waals surface area (Å²) >= 11 is 5.97. The lowest BCUT2D eigenvalue weighted by Gasteiger charge is -2.27. The largest absolute Gasteiger partial charge is 0.384 e. The van der Waals surface area contributed by atoms with Gasteiger partial charge in [0.05, 0.1) is 10.7 Å². The Hall–Kier alpha value is -0.760. The van der Waals surface area contributed by atoms with Crippen LogP contribution in [0.15, 0.2) is 18.2 Å². The fourth-order valence-corrected chi connectivity index (χ4v) is 2.87. The van der Waals surface area contributed by atoms with Gasteiger partial charge in [0.1, 0.15) is 5.82 Å². The van der Waals surface area contributed by atoms with Crippen molar-refractivity contribution >= 4 is 17.3 Å². The van der Waals surface area contributed by atoms with Gasteiger partial charge in [0.15, 0.2) is 0 Å². The van der Waals surface area contributed by atoms with E-state index in [2.05, 4.69) is 12.2 Å². The summed E-state index contributed by atoms with van der Waals surface area (Å²) in [5, 5.41) is 3.80. The maximum atomic E-state index is 12.9. The Bertz CT molecular complexity index is 380. The lowest BCUT2D eigenvalue weighted by molar-refractivity contribution is 0.293. The molecule has 0 amide bonds. The van der Waals surface area contributed by atoms with Gasteiger partial charge in [-0.25, -0.2) is 4.39 Å². The van der Waals surface area contributed by atoms with Gasteiger partial charge in [-0.15, -0.1) is 0 Å². The van der Waals surface area contributed by atoms with Crippen molar-refractivity contribution in [1.82, 2.24) is 0 Å². The summed E-state index contributed by atoms with van der Waals surface area (Å²) in [5.41, 5.74) is 0.839. The molecule has 0 radical (unpaired) electrons. The molecule has 17 heavy (non-hydrogen) atoms. The number of hydrogen-bond acceptors (Lipinski definition) is 1. The normalized spacial score (nSPS) is 24.6. The molecule has 0 aliphatic heterocycles. The number of benzene rings is 1. The Balaban J connectivity index is 1.88. The SMILES string of the molecule is CC1CCCC(CNc2ccc(F)cc2Cl)C1. The van der Waals surface area contributed by atoms with Crippen LogP contribution in [0, 0.1) is 17.7 Å². The molecule has 2 atom stereocenters. The summed E-state index contributed by atoms with van der Waals surface area (Å²) in [6.45, 7) is 3.26. The van der Waals surface area contributed by atoms with Gasteiger partial charge in [0, 0.05) is 6.54 Å². The van der Waals surface area contributed by atoms with Gasteiger partial charge in [-0.3, -0.25) is 0 Å². The molecule has 1 aromatic rings. The molecular weight excluding hydrogens is 237 g/mol. The molecule has 0 aromatic heterocycles. The molecule has 1 nitrogen and oxygen atoms in total. The Kier molecular flexibility index (Phi) is 4.27. The van der Waals surface area contributed by atoms with Gasteiger partial charge >= 0.3 is 0 Å². The monoisotopic (exact) mass is 255 g/mol. The van der Waals surface area contributed by atoms with Crippen molar-refractivity contribution in [3.05, 3.63) is 29.0 Å². The van der Waals surface area contributed by atoms with E-state index in [0.29, 0.717) is 5.02 Å². The molecule has 2 unspecified atom stereocenters. The highest BCUT2D eigenvalue weighted by Gasteiger charge is 2.18. The number of anilines is 1. The maximum absolute atomic E-state index is 12.9. The van der Waals surface area contributed by atoms with Crippen LogP contribution in [0.1, 0.15) is 32.6 Å². The lowest BCUT2D eigenvalue weighted by atomic mass is 9.82. The molecule has 0 heterocycles. The molecule has 0 spiro atoms. The van der Waals surface area contributed by atoms with Crippen molar-refractivity contribution in [2.45, 2.75) is 32.6 Å². The molecule has 3 heteroatoms. The molecule has 94 valence electrons. The zero-order valence-corrected chi connectivity index (χ0v) is 10.9. The summed E-state index contributed by atoms with van der Waals surface area (Å²) in [5.74, 6) is 1.27. The fourth-order valence-electron chi connectivity index (χ4n) is 2.63. The first kappa shape index (κ1) is 12.7.